The van der Waals surface area contributed by atoms with Gasteiger partial charge >= 0.3 is 0 Å². The lowest BCUT2D eigenvalue weighted by Crippen LogP contribution is -2.30. The Kier molecular flexibility index (Phi) is 5.30. The normalized spacial score (nSPS) is 19.8. The minimum atomic E-state index is -3.66. The van der Waals surface area contributed by atoms with Crippen LogP contribution in [0.4, 0.5) is 5.69 Å². The second-order valence-electron chi connectivity index (χ2n) is 4.68. The zero-order valence-corrected chi connectivity index (χ0v) is 12.0. The number of nitrogens with two attached hydrogens (primary N) is 1. The standard InChI is InChI=1S/C12H20N4O3S/c13-16-11-5-3-7-14-12(11)20(17,18)15-8-6-10-4-1-2-9-19-10/h3,5,7,10,15-16H,1-2,4,6,8-9,13H2. The van der Waals surface area contributed by atoms with Crippen molar-refractivity contribution in [2.45, 2.75) is 36.8 Å². The highest BCUT2D eigenvalue weighted by Crippen LogP contribution is 2.18. The van der Waals surface area contributed by atoms with Crippen LogP contribution in [0.15, 0.2) is 23.4 Å². The van der Waals surface area contributed by atoms with Gasteiger partial charge in [-0.1, -0.05) is 0 Å². The average molecular weight is 300 g/mol. The molecule has 2 heterocycles. The predicted octanol–water partition coefficient (Wildman–Crippen LogP) is 0.605. The van der Waals surface area contributed by atoms with Crippen molar-refractivity contribution < 1.29 is 13.2 Å². The highest BCUT2D eigenvalue weighted by molar-refractivity contribution is 7.89. The summed E-state index contributed by atoms with van der Waals surface area (Å²) in [4.78, 5) is 3.86. The van der Waals surface area contributed by atoms with Crippen LogP contribution in [0.1, 0.15) is 25.7 Å². The molecule has 1 aromatic heterocycles. The van der Waals surface area contributed by atoms with Crippen LogP contribution in [0.25, 0.3) is 0 Å². The van der Waals surface area contributed by atoms with Crippen LogP contribution >= 0.6 is 0 Å². The molecule has 1 atom stereocenters. The van der Waals surface area contributed by atoms with Crippen LogP contribution in [0.3, 0.4) is 0 Å². The van der Waals surface area contributed by atoms with E-state index in [1.54, 1.807) is 12.1 Å². The molecule has 0 bridgehead atoms. The first-order chi connectivity index (χ1) is 9.63. The topological polar surface area (TPSA) is 106 Å². The van der Waals surface area contributed by atoms with Gasteiger partial charge < -0.3 is 10.2 Å². The van der Waals surface area contributed by atoms with Gasteiger partial charge in [-0.3, -0.25) is 5.84 Å². The molecule has 0 saturated carbocycles. The number of nitrogens with one attached hydrogen (secondary N) is 2. The minimum Gasteiger partial charge on any atom is -0.378 e. The lowest BCUT2D eigenvalue weighted by atomic mass is 10.1. The summed E-state index contributed by atoms with van der Waals surface area (Å²) in [6.07, 6.45) is 5.43. The van der Waals surface area contributed by atoms with Gasteiger partial charge in [-0.2, -0.15) is 0 Å². The van der Waals surface area contributed by atoms with Crippen molar-refractivity contribution in [1.82, 2.24) is 9.71 Å². The number of aromatic nitrogens is 1. The summed E-state index contributed by atoms with van der Waals surface area (Å²) in [5.41, 5.74) is 2.61. The van der Waals surface area contributed by atoms with Gasteiger partial charge in [-0.15, -0.1) is 0 Å². The van der Waals surface area contributed by atoms with E-state index >= 15 is 0 Å². The van der Waals surface area contributed by atoms with Crippen molar-refractivity contribution in [2.75, 3.05) is 18.6 Å². The molecule has 1 fully saturated rings. The number of nitrogens with zero attached hydrogens (tertiary/aromatic N) is 1. The maximum atomic E-state index is 12.1. The van der Waals surface area contributed by atoms with E-state index in [-0.39, 0.29) is 16.8 Å². The number of hydrogen-bond acceptors (Lipinski definition) is 6. The fourth-order valence-electron chi connectivity index (χ4n) is 2.17. The number of hydrazine groups is 1. The zero-order valence-electron chi connectivity index (χ0n) is 11.2. The van der Waals surface area contributed by atoms with E-state index in [1.807, 2.05) is 0 Å². The summed E-state index contributed by atoms with van der Waals surface area (Å²) in [6.45, 7) is 1.09. The monoisotopic (exact) mass is 300 g/mol. The lowest BCUT2D eigenvalue weighted by molar-refractivity contribution is 0.0123. The van der Waals surface area contributed by atoms with E-state index < -0.39 is 10.0 Å². The number of sulfonamides is 1. The molecule has 8 heteroatoms. The molecule has 1 aliphatic rings. The number of hydrogen-bond donors (Lipinski definition) is 3. The smallest absolute Gasteiger partial charge is 0.260 e. The first kappa shape index (κ1) is 15.2. The summed E-state index contributed by atoms with van der Waals surface area (Å²) in [5, 5.41) is -0.0907. The van der Waals surface area contributed by atoms with E-state index in [1.165, 1.54) is 6.20 Å². The summed E-state index contributed by atoms with van der Waals surface area (Å²) in [6, 6.07) is 3.18. The average Bonchev–Trinajstić information content (AvgIpc) is 2.48. The van der Waals surface area contributed by atoms with Crippen LogP contribution in [0, 0.1) is 0 Å². The molecular formula is C12H20N4O3S. The molecule has 7 nitrogen and oxygen atoms in total. The maximum Gasteiger partial charge on any atom is 0.260 e. The Hall–Kier alpha value is -1.22. The van der Waals surface area contributed by atoms with Crippen molar-refractivity contribution in [3.63, 3.8) is 0 Å². The van der Waals surface area contributed by atoms with Gasteiger partial charge in [0.2, 0.25) is 0 Å². The zero-order chi connectivity index (χ0) is 14.4. The van der Waals surface area contributed by atoms with Gasteiger partial charge in [0.15, 0.2) is 5.03 Å². The molecular weight excluding hydrogens is 280 g/mol. The lowest BCUT2D eigenvalue weighted by Gasteiger charge is -2.22. The van der Waals surface area contributed by atoms with Crippen molar-refractivity contribution in [1.29, 1.82) is 0 Å². The second kappa shape index (κ2) is 6.98. The van der Waals surface area contributed by atoms with E-state index in [0.29, 0.717) is 13.0 Å². The Morgan fingerprint density at radius 1 is 1.45 bits per heavy atom. The molecule has 0 radical (unpaired) electrons. The predicted molar refractivity (Wildman–Crippen MR) is 75.4 cm³/mol. The van der Waals surface area contributed by atoms with Crippen LogP contribution < -0.4 is 16.0 Å². The molecule has 0 aromatic carbocycles. The molecule has 1 saturated heterocycles. The van der Waals surface area contributed by atoms with Gasteiger partial charge in [-0.25, -0.2) is 18.1 Å². The molecule has 1 aromatic rings. The summed E-state index contributed by atoms with van der Waals surface area (Å²) in [5.74, 6) is 5.29. The van der Waals surface area contributed by atoms with Crippen molar-refractivity contribution in [3.05, 3.63) is 18.3 Å². The van der Waals surface area contributed by atoms with Crippen LogP contribution in [0.2, 0.25) is 0 Å². The fourth-order valence-corrected chi connectivity index (χ4v) is 3.31. The summed E-state index contributed by atoms with van der Waals surface area (Å²) in [7, 11) is -3.66. The molecule has 4 N–H and O–H groups in total. The van der Waals surface area contributed by atoms with E-state index in [0.717, 1.165) is 25.9 Å². The summed E-state index contributed by atoms with van der Waals surface area (Å²) >= 11 is 0. The van der Waals surface area contributed by atoms with Gasteiger partial charge in [0.05, 0.1) is 11.8 Å². The third-order valence-electron chi connectivity index (χ3n) is 3.21. The van der Waals surface area contributed by atoms with Crippen LogP contribution in [-0.2, 0) is 14.8 Å². The maximum absolute atomic E-state index is 12.1. The Bertz CT molecular complexity index is 529. The number of rotatable bonds is 6. The van der Waals surface area contributed by atoms with Gasteiger partial charge in [0.25, 0.3) is 10.0 Å². The Balaban J connectivity index is 1.93. The Morgan fingerprint density at radius 2 is 2.30 bits per heavy atom. The van der Waals surface area contributed by atoms with Gasteiger partial charge in [0, 0.05) is 19.3 Å². The molecule has 1 aliphatic heterocycles. The van der Waals surface area contributed by atoms with E-state index in [9.17, 15) is 8.42 Å². The van der Waals surface area contributed by atoms with Gasteiger partial charge in [-0.05, 0) is 37.8 Å². The molecule has 112 valence electrons. The molecule has 2 rings (SSSR count). The van der Waals surface area contributed by atoms with Crippen molar-refractivity contribution in [2.24, 2.45) is 5.84 Å². The number of nitrogen functional groups attached to an aromatic ring is 1. The Morgan fingerprint density at radius 3 is 3.00 bits per heavy atom. The van der Waals surface area contributed by atoms with Crippen molar-refractivity contribution in [3.8, 4) is 0 Å². The third kappa shape index (κ3) is 3.89. The molecule has 1 unspecified atom stereocenters. The summed E-state index contributed by atoms with van der Waals surface area (Å²) < 4.78 is 32.4. The van der Waals surface area contributed by atoms with E-state index in [2.05, 4.69) is 15.1 Å². The Labute approximate surface area is 118 Å². The van der Waals surface area contributed by atoms with Crippen LogP contribution in [0.5, 0.6) is 0 Å². The first-order valence-electron chi connectivity index (χ1n) is 6.66. The number of pyridine rings is 1. The molecule has 0 spiro atoms. The minimum absolute atomic E-state index is 0.0907. The highest BCUT2D eigenvalue weighted by Gasteiger charge is 2.20. The van der Waals surface area contributed by atoms with Crippen LogP contribution in [-0.4, -0.2) is 32.7 Å². The third-order valence-corrected chi connectivity index (χ3v) is 4.63. The molecule has 0 amide bonds. The van der Waals surface area contributed by atoms with Crippen molar-refractivity contribution >= 4 is 15.7 Å². The highest BCUT2D eigenvalue weighted by atomic mass is 32.2. The fraction of sp³-hybridized carbons (Fsp3) is 0.583. The van der Waals surface area contributed by atoms with Gasteiger partial charge in [0.1, 0.15) is 0 Å². The second-order valence-corrected chi connectivity index (χ2v) is 6.36. The van der Waals surface area contributed by atoms with E-state index in [4.69, 9.17) is 10.6 Å². The number of ether oxygens (including phenoxy) is 1. The largest absolute Gasteiger partial charge is 0.378 e. The molecule has 0 aliphatic carbocycles. The quantitative estimate of drug-likeness (QED) is 0.525. The SMILES string of the molecule is NNc1cccnc1S(=O)(=O)NCCC1CCCCO1. The first-order valence-corrected chi connectivity index (χ1v) is 8.14. The number of anilines is 1. The molecule has 20 heavy (non-hydrogen) atoms.